The molecule has 1 aliphatic carbocycles. The van der Waals surface area contributed by atoms with Crippen molar-refractivity contribution in [3.63, 3.8) is 0 Å². The van der Waals surface area contributed by atoms with E-state index in [9.17, 15) is 4.79 Å². The summed E-state index contributed by atoms with van der Waals surface area (Å²) < 4.78 is 0. The van der Waals surface area contributed by atoms with Crippen molar-refractivity contribution < 1.29 is 4.79 Å². The molecule has 1 amide bonds. The zero-order valence-corrected chi connectivity index (χ0v) is 15.4. The van der Waals surface area contributed by atoms with Crippen molar-refractivity contribution in [1.82, 2.24) is 4.90 Å². The lowest BCUT2D eigenvalue weighted by molar-refractivity contribution is -0.120. The highest BCUT2D eigenvalue weighted by Crippen LogP contribution is 2.25. The van der Waals surface area contributed by atoms with E-state index >= 15 is 0 Å². The largest absolute Gasteiger partial charge is 0.369 e. The minimum absolute atomic E-state index is 0.0936. The number of carbonyl (C=O) groups is 1. The Hall–Kier alpha value is -2.33. The molecule has 2 aliphatic rings. The predicted molar refractivity (Wildman–Crippen MR) is 107 cm³/mol. The fraction of sp³-hybridized carbons (Fsp3) is 0.409. The first-order chi connectivity index (χ1) is 12.7. The van der Waals surface area contributed by atoms with E-state index in [-0.39, 0.29) is 11.9 Å². The van der Waals surface area contributed by atoms with Gasteiger partial charge in [0, 0.05) is 37.6 Å². The van der Waals surface area contributed by atoms with Gasteiger partial charge in [0.15, 0.2) is 0 Å². The number of hydrogen-bond donors (Lipinski definition) is 1. The monoisotopic (exact) mass is 349 g/mol. The summed E-state index contributed by atoms with van der Waals surface area (Å²) in [5, 5.41) is 3.12. The third kappa shape index (κ3) is 3.61. The maximum absolute atomic E-state index is 12.7. The number of fused-ring (bicyclic) bond motifs is 1. The molecule has 0 radical (unpaired) electrons. The van der Waals surface area contributed by atoms with Gasteiger partial charge in [0.25, 0.3) is 0 Å². The van der Waals surface area contributed by atoms with Crippen molar-refractivity contribution in [3.05, 3.63) is 59.7 Å². The first-order valence-electron chi connectivity index (χ1n) is 9.67. The molecule has 1 saturated heterocycles. The van der Waals surface area contributed by atoms with Gasteiger partial charge in [-0.2, -0.15) is 0 Å². The molecule has 2 aromatic rings. The number of amides is 1. The van der Waals surface area contributed by atoms with Gasteiger partial charge in [-0.3, -0.25) is 9.69 Å². The number of nitrogens with zero attached hydrogens (tertiary/aromatic N) is 2. The van der Waals surface area contributed by atoms with Gasteiger partial charge in [0.05, 0.1) is 6.04 Å². The second kappa shape index (κ2) is 7.50. The van der Waals surface area contributed by atoms with Gasteiger partial charge in [-0.15, -0.1) is 0 Å². The summed E-state index contributed by atoms with van der Waals surface area (Å²) in [5.74, 6) is 0.0936. The number of anilines is 2. The van der Waals surface area contributed by atoms with Crippen LogP contribution < -0.4 is 10.2 Å². The Kier molecular flexibility index (Phi) is 4.93. The van der Waals surface area contributed by atoms with Crippen LogP contribution in [0.25, 0.3) is 0 Å². The van der Waals surface area contributed by atoms with Crippen LogP contribution in [0, 0.1) is 0 Å². The molecule has 4 rings (SSSR count). The number of rotatable bonds is 4. The molecule has 0 spiro atoms. The Morgan fingerprint density at radius 2 is 1.69 bits per heavy atom. The molecule has 1 aliphatic heterocycles. The van der Waals surface area contributed by atoms with Crippen LogP contribution in [0.2, 0.25) is 0 Å². The number of carbonyl (C=O) groups excluding carboxylic acids is 1. The molecule has 0 bridgehead atoms. The number of nitrogens with one attached hydrogen (secondary N) is 1. The van der Waals surface area contributed by atoms with Gasteiger partial charge in [-0.25, -0.2) is 0 Å². The Bertz CT molecular complexity index is 766. The van der Waals surface area contributed by atoms with Crippen molar-refractivity contribution >= 4 is 17.3 Å². The normalized spacial score (nSPS) is 18.4. The van der Waals surface area contributed by atoms with Gasteiger partial charge < -0.3 is 10.2 Å². The van der Waals surface area contributed by atoms with E-state index in [1.165, 1.54) is 29.7 Å². The average molecular weight is 349 g/mol. The standard InChI is InChI=1S/C22H27N3O/c1-17(22(26)23-20-11-10-18-6-5-7-19(18)16-20)24-12-14-25(15-13-24)21-8-3-2-4-9-21/h2-4,8-11,16-17H,5-7,12-15H2,1H3,(H,23,26)/t17-/m1/s1. The third-order valence-electron chi connectivity index (χ3n) is 5.73. The highest BCUT2D eigenvalue weighted by Gasteiger charge is 2.26. The second-order valence-electron chi connectivity index (χ2n) is 7.36. The van der Waals surface area contributed by atoms with Crippen LogP contribution in [-0.2, 0) is 17.6 Å². The third-order valence-corrected chi connectivity index (χ3v) is 5.73. The highest BCUT2D eigenvalue weighted by atomic mass is 16.2. The average Bonchev–Trinajstić information content (AvgIpc) is 3.16. The number of hydrogen-bond acceptors (Lipinski definition) is 3. The lowest BCUT2D eigenvalue weighted by atomic mass is 10.1. The number of para-hydroxylation sites is 1. The number of benzene rings is 2. The Balaban J connectivity index is 1.33. The van der Waals surface area contributed by atoms with Crippen molar-refractivity contribution in [2.45, 2.75) is 32.2 Å². The summed E-state index contributed by atoms with van der Waals surface area (Å²) in [4.78, 5) is 17.4. The quantitative estimate of drug-likeness (QED) is 0.920. The van der Waals surface area contributed by atoms with Gasteiger partial charge in [-0.05, 0) is 61.6 Å². The van der Waals surface area contributed by atoms with Gasteiger partial charge in [0.2, 0.25) is 5.91 Å². The summed E-state index contributed by atoms with van der Waals surface area (Å²) in [7, 11) is 0. The van der Waals surface area contributed by atoms with Crippen LogP contribution in [0.15, 0.2) is 48.5 Å². The topological polar surface area (TPSA) is 35.6 Å². The van der Waals surface area contributed by atoms with Crippen molar-refractivity contribution in [3.8, 4) is 0 Å². The van der Waals surface area contributed by atoms with Crippen molar-refractivity contribution in [1.29, 1.82) is 0 Å². The van der Waals surface area contributed by atoms with Crippen LogP contribution in [-0.4, -0.2) is 43.0 Å². The SMILES string of the molecule is C[C@H](C(=O)Nc1ccc2c(c1)CCC2)N1CCN(c2ccccc2)CC1. The lowest BCUT2D eigenvalue weighted by Crippen LogP contribution is -2.52. The Labute approximate surface area is 155 Å². The molecule has 26 heavy (non-hydrogen) atoms. The molecule has 0 aromatic heterocycles. The molecule has 1 N–H and O–H groups in total. The van der Waals surface area contributed by atoms with Crippen LogP contribution in [0.4, 0.5) is 11.4 Å². The van der Waals surface area contributed by atoms with E-state index in [1.54, 1.807) is 0 Å². The van der Waals surface area contributed by atoms with Crippen molar-refractivity contribution in [2.75, 3.05) is 36.4 Å². The van der Waals surface area contributed by atoms with E-state index in [4.69, 9.17) is 0 Å². The smallest absolute Gasteiger partial charge is 0.241 e. The second-order valence-corrected chi connectivity index (χ2v) is 7.36. The zero-order valence-electron chi connectivity index (χ0n) is 15.4. The summed E-state index contributed by atoms with van der Waals surface area (Å²) in [6.45, 7) is 5.75. The molecule has 4 heteroatoms. The summed E-state index contributed by atoms with van der Waals surface area (Å²) in [6, 6.07) is 16.8. The molecule has 1 heterocycles. The van der Waals surface area contributed by atoms with Crippen LogP contribution in [0.1, 0.15) is 24.5 Å². The summed E-state index contributed by atoms with van der Waals surface area (Å²) in [5.41, 5.74) is 5.04. The van der Waals surface area contributed by atoms with E-state index in [0.29, 0.717) is 0 Å². The fourth-order valence-corrected chi connectivity index (χ4v) is 4.07. The number of piperazine rings is 1. The van der Waals surface area contributed by atoms with Gasteiger partial charge in [0.1, 0.15) is 0 Å². The maximum atomic E-state index is 12.7. The van der Waals surface area contributed by atoms with Crippen LogP contribution >= 0.6 is 0 Å². The maximum Gasteiger partial charge on any atom is 0.241 e. The molecule has 2 aromatic carbocycles. The molecular formula is C22H27N3O. The molecule has 0 saturated carbocycles. The van der Waals surface area contributed by atoms with Crippen LogP contribution in [0.5, 0.6) is 0 Å². The van der Waals surface area contributed by atoms with E-state index in [0.717, 1.165) is 38.3 Å². The zero-order chi connectivity index (χ0) is 17.9. The number of aryl methyl sites for hydroxylation is 2. The van der Waals surface area contributed by atoms with Gasteiger partial charge in [-0.1, -0.05) is 24.3 Å². The predicted octanol–water partition coefficient (Wildman–Crippen LogP) is 3.32. The molecule has 1 atom stereocenters. The minimum Gasteiger partial charge on any atom is -0.369 e. The fourth-order valence-electron chi connectivity index (χ4n) is 4.07. The summed E-state index contributed by atoms with van der Waals surface area (Å²) >= 11 is 0. The molecular weight excluding hydrogens is 322 g/mol. The van der Waals surface area contributed by atoms with E-state index in [2.05, 4.69) is 51.5 Å². The van der Waals surface area contributed by atoms with E-state index in [1.807, 2.05) is 19.1 Å². The Morgan fingerprint density at radius 1 is 0.962 bits per heavy atom. The van der Waals surface area contributed by atoms with Crippen LogP contribution in [0.3, 0.4) is 0 Å². The first kappa shape index (κ1) is 17.1. The summed E-state index contributed by atoms with van der Waals surface area (Å²) in [6.07, 6.45) is 3.54. The highest BCUT2D eigenvalue weighted by molar-refractivity contribution is 5.94. The lowest BCUT2D eigenvalue weighted by Gasteiger charge is -2.38. The Morgan fingerprint density at radius 3 is 2.46 bits per heavy atom. The first-order valence-corrected chi connectivity index (χ1v) is 9.67. The molecule has 4 nitrogen and oxygen atoms in total. The molecule has 1 fully saturated rings. The van der Waals surface area contributed by atoms with Gasteiger partial charge >= 0.3 is 0 Å². The molecule has 136 valence electrons. The van der Waals surface area contributed by atoms with Crippen molar-refractivity contribution in [2.24, 2.45) is 0 Å². The molecule has 0 unspecified atom stereocenters. The minimum atomic E-state index is -0.110. The van der Waals surface area contributed by atoms with E-state index < -0.39 is 0 Å².